The third kappa shape index (κ3) is 4.41. The standard InChI is InChI=1S/C28H26O7/c1-16(29)20-5-8-24-27(28(20)31)21(15-26(30)35-24)18-4-7-23(32-2)25(14-18)34-11-9-17-3-6-22-19(13-17)10-12-33-22/h3-8,13-14,21,31H,9-12,15H2,1-2H3/t21-/m0/s1. The highest BCUT2D eigenvalue weighted by atomic mass is 16.5. The van der Waals surface area contributed by atoms with Crippen LogP contribution in [0.3, 0.4) is 0 Å². The maximum atomic E-state index is 12.3. The number of fused-ring (bicyclic) bond motifs is 2. The average Bonchev–Trinajstić information content (AvgIpc) is 3.31. The highest BCUT2D eigenvalue weighted by molar-refractivity contribution is 5.98. The summed E-state index contributed by atoms with van der Waals surface area (Å²) in [5, 5.41) is 10.9. The molecule has 7 nitrogen and oxygen atoms in total. The van der Waals surface area contributed by atoms with Crippen LogP contribution in [0, 0.1) is 0 Å². The lowest BCUT2D eigenvalue weighted by Crippen LogP contribution is -2.21. The van der Waals surface area contributed by atoms with Crippen LogP contribution in [0.15, 0.2) is 48.5 Å². The van der Waals surface area contributed by atoms with Crippen LogP contribution in [0.5, 0.6) is 28.7 Å². The fourth-order valence-electron chi connectivity index (χ4n) is 4.71. The molecule has 0 fully saturated rings. The average molecular weight is 475 g/mol. The molecule has 2 heterocycles. The molecule has 0 aliphatic carbocycles. The van der Waals surface area contributed by atoms with Crippen LogP contribution in [0.4, 0.5) is 0 Å². The number of ketones is 1. The molecule has 5 rings (SSSR count). The molecule has 1 N–H and O–H groups in total. The number of benzene rings is 3. The molecule has 0 saturated carbocycles. The molecule has 2 aliphatic rings. The van der Waals surface area contributed by atoms with Gasteiger partial charge in [0.25, 0.3) is 0 Å². The molecule has 180 valence electrons. The van der Waals surface area contributed by atoms with Gasteiger partial charge in [0.15, 0.2) is 17.3 Å². The van der Waals surface area contributed by atoms with Gasteiger partial charge in [-0.25, -0.2) is 0 Å². The summed E-state index contributed by atoms with van der Waals surface area (Å²) in [5.74, 6) is 0.990. The van der Waals surface area contributed by atoms with Crippen molar-refractivity contribution in [3.05, 3.63) is 76.3 Å². The van der Waals surface area contributed by atoms with E-state index in [1.54, 1.807) is 19.2 Å². The first kappa shape index (κ1) is 22.8. The Labute approximate surface area is 203 Å². The first-order valence-electron chi connectivity index (χ1n) is 11.6. The Morgan fingerprint density at radius 3 is 2.71 bits per heavy atom. The SMILES string of the molecule is COc1ccc([C@@H]2CC(=O)Oc3ccc(C(C)=O)c(O)c32)cc1OCCc1ccc2c(c1)CCO2. The second-order valence-corrected chi connectivity index (χ2v) is 8.71. The molecule has 3 aromatic carbocycles. The fraction of sp³-hybridized carbons (Fsp3) is 0.286. The Balaban J connectivity index is 1.41. The van der Waals surface area contributed by atoms with Crippen LogP contribution in [0.2, 0.25) is 0 Å². The molecule has 2 aliphatic heterocycles. The van der Waals surface area contributed by atoms with Crippen molar-refractivity contribution in [2.24, 2.45) is 0 Å². The van der Waals surface area contributed by atoms with Gasteiger partial charge in [0, 0.05) is 24.3 Å². The van der Waals surface area contributed by atoms with Crippen LogP contribution in [0.25, 0.3) is 0 Å². The number of carbonyl (C=O) groups is 2. The Morgan fingerprint density at radius 1 is 1.09 bits per heavy atom. The van der Waals surface area contributed by atoms with Crippen LogP contribution in [-0.2, 0) is 17.6 Å². The van der Waals surface area contributed by atoms with Crippen LogP contribution < -0.4 is 18.9 Å². The van der Waals surface area contributed by atoms with Gasteiger partial charge >= 0.3 is 5.97 Å². The second kappa shape index (κ2) is 9.33. The predicted molar refractivity (Wildman–Crippen MR) is 128 cm³/mol. The van der Waals surface area contributed by atoms with E-state index in [0.29, 0.717) is 30.1 Å². The van der Waals surface area contributed by atoms with Gasteiger partial charge in [0.05, 0.1) is 32.3 Å². The van der Waals surface area contributed by atoms with Crippen LogP contribution in [-0.4, -0.2) is 37.2 Å². The zero-order valence-corrected chi connectivity index (χ0v) is 19.6. The molecule has 0 aromatic heterocycles. The van der Waals surface area contributed by atoms with E-state index in [4.69, 9.17) is 18.9 Å². The normalized spacial score (nSPS) is 16.1. The molecular formula is C28H26O7. The molecule has 0 unspecified atom stereocenters. The Hall–Kier alpha value is -4.00. The molecule has 0 bridgehead atoms. The van der Waals surface area contributed by atoms with Gasteiger partial charge in [-0.2, -0.15) is 0 Å². The van der Waals surface area contributed by atoms with Crippen molar-refractivity contribution in [1.29, 1.82) is 0 Å². The van der Waals surface area contributed by atoms with Crippen molar-refractivity contribution in [2.45, 2.75) is 32.1 Å². The van der Waals surface area contributed by atoms with Gasteiger partial charge in [-0.05, 0) is 53.9 Å². The van der Waals surface area contributed by atoms with Gasteiger partial charge < -0.3 is 24.1 Å². The smallest absolute Gasteiger partial charge is 0.312 e. The van der Waals surface area contributed by atoms with Gasteiger partial charge in [0.2, 0.25) is 0 Å². The molecule has 1 atom stereocenters. The number of carbonyl (C=O) groups excluding carboxylic acids is 2. The first-order valence-corrected chi connectivity index (χ1v) is 11.6. The maximum absolute atomic E-state index is 12.3. The minimum absolute atomic E-state index is 0.0326. The molecular weight excluding hydrogens is 448 g/mol. The quantitative estimate of drug-likeness (QED) is 0.304. The number of phenols is 1. The lowest BCUT2D eigenvalue weighted by molar-refractivity contribution is -0.135. The van der Waals surface area contributed by atoms with Gasteiger partial charge in [-0.15, -0.1) is 0 Å². The summed E-state index contributed by atoms with van der Waals surface area (Å²) in [6.07, 6.45) is 1.66. The van der Waals surface area contributed by atoms with E-state index in [9.17, 15) is 14.7 Å². The van der Waals surface area contributed by atoms with Gasteiger partial charge in [0.1, 0.15) is 17.2 Å². The van der Waals surface area contributed by atoms with Crippen molar-refractivity contribution < 1.29 is 33.6 Å². The van der Waals surface area contributed by atoms with Gasteiger partial charge in [-0.3, -0.25) is 9.59 Å². The molecule has 35 heavy (non-hydrogen) atoms. The fourth-order valence-corrected chi connectivity index (χ4v) is 4.71. The largest absolute Gasteiger partial charge is 0.507 e. The number of rotatable bonds is 7. The number of esters is 1. The summed E-state index contributed by atoms with van der Waals surface area (Å²) in [6, 6.07) is 14.7. The Morgan fingerprint density at radius 2 is 1.91 bits per heavy atom. The van der Waals surface area contributed by atoms with Crippen LogP contribution in [0.1, 0.15) is 51.9 Å². The van der Waals surface area contributed by atoms with Crippen molar-refractivity contribution in [3.63, 3.8) is 0 Å². The van der Waals surface area contributed by atoms with Crippen molar-refractivity contribution in [2.75, 3.05) is 20.3 Å². The van der Waals surface area contributed by atoms with Crippen molar-refractivity contribution in [1.82, 2.24) is 0 Å². The van der Waals surface area contributed by atoms with E-state index in [-0.39, 0.29) is 29.3 Å². The lowest BCUT2D eigenvalue weighted by Gasteiger charge is -2.27. The van der Waals surface area contributed by atoms with E-state index in [0.717, 1.165) is 29.9 Å². The van der Waals surface area contributed by atoms with E-state index in [1.165, 1.54) is 18.6 Å². The molecule has 0 radical (unpaired) electrons. The number of ether oxygens (including phenoxy) is 4. The maximum Gasteiger partial charge on any atom is 0.312 e. The van der Waals surface area contributed by atoms with E-state index in [1.807, 2.05) is 24.3 Å². The summed E-state index contributed by atoms with van der Waals surface area (Å²) >= 11 is 0. The van der Waals surface area contributed by atoms with Crippen LogP contribution >= 0.6 is 0 Å². The van der Waals surface area contributed by atoms with Gasteiger partial charge in [-0.1, -0.05) is 18.2 Å². The number of hydrogen-bond donors (Lipinski definition) is 1. The second-order valence-electron chi connectivity index (χ2n) is 8.71. The number of methoxy groups -OCH3 is 1. The molecule has 0 amide bonds. The number of aromatic hydroxyl groups is 1. The number of phenolic OH excluding ortho intramolecular Hbond substituents is 1. The molecule has 0 spiro atoms. The predicted octanol–water partition coefficient (Wildman–Crippen LogP) is 4.60. The summed E-state index contributed by atoms with van der Waals surface area (Å²) < 4.78 is 22.5. The minimum atomic E-state index is -0.490. The van der Waals surface area contributed by atoms with Crippen molar-refractivity contribution >= 4 is 11.8 Å². The Kier molecular flexibility index (Phi) is 6.07. The van der Waals surface area contributed by atoms with E-state index < -0.39 is 11.9 Å². The topological polar surface area (TPSA) is 91.3 Å². The number of Topliss-reactive ketones (excluding diaryl/α,β-unsaturated/α-hetero) is 1. The lowest BCUT2D eigenvalue weighted by atomic mass is 9.84. The zero-order chi connectivity index (χ0) is 24.5. The van der Waals surface area contributed by atoms with E-state index >= 15 is 0 Å². The summed E-state index contributed by atoms with van der Waals surface area (Å²) in [5.41, 5.74) is 3.75. The highest BCUT2D eigenvalue weighted by Crippen LogP contribution is 2.46. The summed E-state index contributed by atoms with van der Waals surface area (Å²) in [6.45, 7) is 2.54. The zero-order valence-electron chi connectivity index (χ0n) is 19.6. The first-order chi connectivity index (χ1) is 16.9. The highest BCUT2D eigenvalue weighted by Gasteiger charge is 2.33. The molecule has 0 saturated heterocycles. The van der Waals surface area contributed by atoms with E-state index in [2.05, 4.69) is 6.07 Å². The minimum Gasteiger partial charge on any atom is -0.507 e. The third-order valence-electron chi connectivity index (χ3n) is 6.49. The Bertz CT molecular complexity index is 1310. The molecule has 7 heteroatoms. The monoisotopic (exact) mass is 474 g/mol. The number of hydrogen-bond acceptors (Lipinski definition) is 7. The van der Waals surface area contributed by atoms with Crippen molar-refractivity contribution in [3.8, 4) is 28.7 Å². The molecule has 3 aromatic rings. The summed E-state index contributed by atoms with van der Waals surface area (Å²) in [7, 11) is 1.57. The summed E-state index contributed by atoms with van der Waals surface area (Å²) in [4.78, 5) is 24.3. The third-order valence-corrected chi connectivity index (χ3v) is 6.49.